The highest BCUT2D eigenvalue weighted by molar-refractivity contribution is 8.27. The van der Waals surface area contributed by atoms with Crippen LogP contribution in [0.2, 0.25) is 5.02 Å². The molecular weight excluding hydrogens is 451 g/mol. The Kier molecular flexibility index (Phi) is 5.09. The van der Waals surface area contributed by atoms with Crippen molar-refractivity contribution in [2.75, 3.05) is 0 Å². The number of hydrazone groups is 1. The first-order valence-corrected chi connectivity index (χ1v) is 10.2. The summed E-state index contributed by atoms with van der Waals surface area (Å²) in [5.74, 6) is -1.24. The fraction of sp³-hybridized carbons (Fsp3) is 0.200. The van der Waals surface area contributed by atoms with E-state index in [-0.39, 0.29) is 22.5 Å². The molecule has 0 atom stereocenters. The highest BCUT2D eigenvalue weighted by Gasteiger charge is 2.46. The number of hydrogen-bond donors (Lipinski definition) is 1. The van der Waals surface area contributed by atoms with Gasteiger partial charge in [0.05, 0.1) is 5.57 Å². The first-order valence-electron chi connectivity index (χ1n) is 9.01. The summed E-state index contributed by atoms with van der Waals surface area (Å²) < 4.78 is 40.9. The van der Waals surface area contributed by atoms with Gasteiger partial charge in [0.1, 0.15) is 0 Å². The topological polar surface area (TPSA) is 73.8 Å². The Labute approximate surface area is 184 Å². The number of aromatic nitrogens is 1. The molecule has 1 amide bonds. The molecule has 1 aromatic heterocycles. The molecule has 0 aliphatic carbocycles. The normalized spacial score (nSPS) is 17.9. The molecule has 160 valence electrons. The molecule has 11 heteroatoms. The zero-order valence-electron chi connectivity index (χ0n) is 16.5. The standard InChI is InChI=1S/C20H15ClF3N5OS/c1-9-7-12(11(3)28(9)15-6-4-5-14(21)10(15)2)8-13-16(25)29-19(26-17(13)30)31-18(27-29)20(22,23)24/h4-8,25H,1-3H3. The van der Waals surface area contributed by atoms with E-state index in [4.69, 9.17) is 17.0 Å². The number of rotatable bonds is 2. The van der Waals surface area contributed by atoms with E-state index < -0.39 is 23.0 Å². The van der Waals surface area contributed by atoms with Crippen molar-refractivity contribution >= 4 is 51.4 Å². The van der Waals surface area contributed by atoms with Crippen molar-refractivity contribution in [1.82, 2.24) is 9.58 Å². The maximum Gasteiger partial charge on any atom is 0.441 e. The second-order valence-electron chi connectivity index (χ2n) is 6.97. The van der Waals surface area contributed by atoms with Gasteiger partial charge in [0, 0.05) is 22.1 Å². The van der Waals surface area contributed by atoms with Crippen LogP contribution in [-0.4, -0.2) is 37.7 Å². The molecule has 0 fully saturated rings. The average Bonchev–Trinajstić information content (AvgIpc) is 3.23. The van der Waals surface area contributed by atoms with Crippen molar-refractivity contribution in [3.8, 4) is 5.69 Å². The predicted octanol–water partition coefficient (Wildman–Crippen LogP) is 5.24. The van der Waals surface area contributed by atoms with Gasteiger partial charge in [-0.1, -0.05) is 17.7 Å². The van der Waals surface area contributed by atoms with Gasteiger partial charge in [-0.05, 0) is 67.9 Å². The van der Waals surface area contributed by atoms with Crippen LogP contribution in [0.4, 0.5) is 13.2 Å². The van der Waals surface area contributed by atoms with Gasteiger partial charge >= 0.3 is 6.18 Å². The van der Waals surface area contributed by atoms with Crippen LogP contribution in [0.15, 0.2) is 39.9 Å². The summed E-state index contributed by atoms with van der Waals surface area (Å²) in [4.78, 5) is 16.2. The number of aryl methyl sites for hydroxylation is 1. The molecule has 2 aliphatic heterocycles. The molecule has 0 saturated heterocycles. The SMILES string of the molecule is Cc1c(Cl)cccc1-n1c(C)cc(C=C2C(=N)N3N=C(C(F)(F)F)SC3=NC2=O)c1C. The minimum Gasteiger partial charge on any atom is -0.318 e. The van der Waals surface area contributed by atoms with Crippen LogP contribution in [-0.2, 0) is 4.79 Å². The van der Waals surface area contributed by atoms with Crippen LogP contribution in [0.25, 0.3) is 11.8 Å². The van der Waals surface area contributed by atoms with Gasteiger partial charge < -0.3 is 4.57 Å². The lowest BCUT2D eigenvalue weighted by Gasteiger charge is -2.20. The van der Waals surface area contributed by atoms with Gasteiger partial charge in [-0.3, -0.25) is 10.2 Å². The maximum atomic E-state index is 13.0. The number of benzene rings is 1. The Balaban J connectivity index is 1.77. The molecule has 1 aromatic carbocycles. The molecule has 0 unspecified atom stereocenters. The van der Waals surface area contributed by atoms with Crippen LogP contribution in [0.5, 0.6) is 0 Å². The van der Waals surface area contributed by atoms with Gasteiger partial charge in [0.2, 0.25) is 10.2 Å². The van der Waals surface area contributed by atoms with Crippen LogP contribution in [0.1, 0.15) is 22.5 Å². The highest BCUT2D eigenvalue weighted by Crippen LogP contribution is 2.36. The molecule has 31 heavy (non-hydrogen) atoms. The summed E-state index contributed by atoms with van der Waals surface area (Å²) in [6.07, 6.45) is -3.23. The number of carbonyl (C=O) groups excluding carboxylic acids is 1. The summed E-state index contributed by atoms with van der Waals surface area (Å²) in [5, 5.41) is 11.6. The van der Waals surface area contributed by atoms with E-state index in [1.807, 2.05) is 43.5 Å². The van der Waals surface area contributed by atoms with Crippen LogP contribution >= 0.6 is 23.4 Å². The number of carbonyl (C=O) groups is 1. The van der Waals surface area contributed by atoms with E-state index in [1.54, 1.807) is 6.07 Å². The lowest BCUT2D eigenvalue weighted by atomic mass is 10.1. The summed E-state index contributed by atoms with van der Waals surface area (Å²) in [6.45, 7) is 5.63. The summed E-state index contributed by atoms with van der Waals surface area (Å²) in [5.41, 5.74) is 3.88. The number of nitrogens with zero attached hydrogens (tertiary/aromatic N) is 4. The monoisotopic (exact) mass is 465 g/mol. The second kappa shape index (κ2) is 7.38. The van der Waals surface area contributed by atoms with E-state index in [0.29, 0.717) is 10.6 Å². The van der Waals surface area contributed by atoms with Gasteiger partial charge in [-0.25, -0.2) is 0 Å². The van der Waals surface area contributed by atoms with E-state index in [0.717, 1.165) is 27.6 Å². The number of hydrogen-bond acceptors (Lipinski definition) is 4. The van der Waals surface area contributed by atoms with E-state index in [1.165, 1.54) is 6.08 Å². The molecule has 2 aliphatic rings. The Morgan fingerprint density at radius 1 is 1.23 bits per heavy atom. The highest BCUT2D eigenvalue weighted by atomic mass is 35.5. The second-order valence-corrected chi connectivity index (χ2v) is 8.33. The van der Waals surface area contributed by atoms with Crippen molar-refractivity contribution in [2.45, 2.75) is 26.9 Å². The zero-order valence-corrected chi connectivity index (χ0v) is 18.1. The average molecular weight is 466 g/mol. The van der Waals surface area contributed by atoms with Gasteiger partial charge in [-0.15, -0.1) is 0 Å². The molecule has 6 nitrogen and oxygen atoms in total. The molecule has 0 spiro atoms. The number of amides is 1. The zero-order chi connectivity index (χ0) is 22.7. The summed E-state index contributed by atoms with van der Waals surface area (Å²) in [7, 11) is 0. The number of nitrogens with one attached hydrogen (secondary N) is 1. The number of aliphatic imine (C=N–C) groups is 1. The molecule has 2 aromatic rings. The minimum absolute atomic E-state index is 0.139. The molecule has 0 saturated carbocycles. The first-order chi connectivity index (χ1) is 14.5. The lowest BCUT2D eigenvalue weighted by molar-refractivity contribution is -0.114. The number of thioether (sulfide) groups is 1. The van der Waals surface area contributed by atoms with Crippen molar-refractivity contribution < 1.29 is 18.0 Å². The quantitative estimate of drug-likeness (QED) is 0.616. The Morgan fingerprint density at radius 2 is 1.94 bits per heavy atom. The minimum atomic E-state index is -4.68. The summed E-state index contributed by atoms with van der Waals surface area (Å²) >= 11 is 6.47. The molecule has 3 heterocycles. The van der Waals surface area contributed by atoms with Crippen molar-refractivity contribution in [3.63, 3.8) is 0 Å². The van der Waals surface area contributed by atoms with Gasteiger partial charge in [0.15, 0.2) is 5.84 Å². The fourth-order valence-corrected chi connectivity index (χ4v) is 4.33. The van der Waals surface area contributed by atoms with E-state index in [9.17, 15) is 18.0 Å². The molecule has 0 radical (unpaired) electrons. The smallest absolute Gasteiger partial charge is 0.318 e. The fourth-order valence-electron chi connectivity index (χ4n) is 3.40. The number of amidine groups is 2. The Morgan fingerprint density at radius 3 is 2.61 bits per heavy atom. The molecule has 1 N–H and O–H groups in total. The van der Waals surface area contributed by atoms with E-state index in [2.05, 4.69) is 10.1 Å². The third-order valence-corrected chi connectivity index (χ3v) is 6.31. The third kappa shape index (κ3) is 3.59. The Bertz CT molecular complexity index is 1240. The molecule has 4 rings (SSSR count). The van der Waals surface area contributed by atoms with Crippen molar-refractivity contribution in [2.24, 2.45) is 10.1 Å². The number of alkyl halides is 3. The lowest BCUT2D eigenvalue weighted by Crippen LogP contribution is -2.35. The van der Waals surface area contributed by atoms with Gasteiger partial charge in [-0.2, -0.15) is 28.3 Å². The van der Waals surface area contributed by atoms with Gasteiger partial charge in [0.25, 0.3) is 5.91 Å². The summed E-state index contributed by atoms with van der Waals surface area (Å²) in [6, 6.07) is 7.36. The Hall–Kier alpha value is -2.85. The van der Waals surface area contributed by atoms with Crippen LogP contribution < -0.4 is 0 Å². The number of halogens is 4. The van der Waals surface area contributed by atoms with Crippen LogP contribution in [0.3, 0.4) is 0 Å². The third-order valence-electron chi connectivity index (χ3n) is 4.95. The predicted molar refractivity (Wildman–Crippen MR) is 116 cm³/mol. The van der Waals surface area contributed by atoms with E-state index >= 15 is 0 Å². The first kappa shape index (κ1) is 21.4. The van der Waals surface area contributed by atoms with Crippen molar-refractivity contribution in [3.05, 3.63) is 57.4 Å². The van der Waals surface area contributed by atoms with Crippen LogP contribution in [0, 0.1) is 26.2 Å². The number of fused-ring (bicyclic) bond motifs is 1. The molecular formula is C20H15ClF3N5OS. The largest absolute Gasteiger partial charge is 0.441 e. The van der Waals surface area contributed by atoms with Crippen molar-refractivity contribution in [1.29, 1.82) is 5.41 Å². The molecule has 0 bridgehead atoms. The maximum absolute atomic E-state index is 13.0.